The summed E-state index contributed by atoms with van der Waals surface area (Å²) in [5, 5.41) is 13.3. The number of rotatable bonds is 6. The normalized spacial score (nSPS) is 20.0. The van der Waals surface area contributed by atoms with Crippen LogP contribution >= 0.6 is 0 Å². The van der Waals surface area contributed by atoms with Gasteiger partial charge in [-0.1, -0.05) is 0 Å². The van der Waals surface area contributed by atoms with E-state index in [0.29, 0.717) is 12.0 Å². The van der Waals surface area contributed by atoms with Crippen LogP contribution in [0, 0.1) is 11.3 Å². The van der Waals surface area contributed by atoms with Crippen LogP contribution in [0.3, 0.4) is 0 Å². The molecular weight excluding hydrogens is 236 g/mol. The van der Waals surface area contributed by atoms with Crippen molar-refractivity contribution >= 4 is 17.9 Å². The molecule has 3 N–H and O–H groups in total. The average Bonchev–Trinajstić information content (AvgIpc) is 3.14. The van der Waals surface area contributed by atoms with Gasteiger partial charge in [0.15, 0.2) is 0 Å². The molecule has 0 aliphatic heterocycles. The van der Waals surface area contributed by atoms with Crippen molar-refractivity contribution in [1.29, 1.82) is 0 Å². The highest BCUT2D eigenvalue weighted by Crippen LogP contribution is 2.60. The number of amides is 3. The predicted octanol–water partition coefficient (Wildman–Crippen LogP) is 0.867. The summed E-state index contributed by atoms with van der Waals surface area (Å²) < 4.78 is 0. The van der Waals surface area contributed by atoms with Gasteiger partial charge in [0, 0.05) is 13.0 Å². The van der Waals surface area contributed by atoms with Crippen molar-refractivity contribution in [2.75, 3.05) is 6.54 Å². The molecule has 0 heterocycles. The number of carboxylic acid groups (broad SMARTS) is 1. The monoisotopic (exact) mass is 254 g/mol. The van der Waals surface area contributed by atoms with E-state index in [1.807, 2.05) is 0 Å². The molecule has 0 radical (unpaired) electrons. The van der Waals surface area contributed by atoms with Crippen molar-refractivity contribution in [3.05, 3.63) is 0 Å². The molecule has 100 valence electrons. The van der Waals surface area contributed by atoms with Crippen LogP contribution in [0.4, 0.5) is 4.79 Å². The first-order valence-corrected chi connectivity index (χ1v) is 6.31. The minimum absolute atomic E-state index is 0.170. The van der Waals surface area contributed by atoms with Crippen molar-refractivity contribution in [1.82, 2.24) is 10.6 Å². The Morgan fingerprint density at radius 1 is 1.17 bits per heavy atom. The lowest BCUT2D eigenvalue weighted by atomic mass is 10.0. The van der Waals surface area contributed by atoms with Crippen LogP contribution in [0.1, 0.15) is 38.5 Å². The van der Waals surface area contributed by atoms with Gasteiger partial charge in [-0.25, -0.2) is 4.79 Å². The van der Waals surface area contributed by atoms with Gasteiger partial charge in [0.2, 0.25) is 5.91 Å². The third kappa shape index (κ3) is 3.45. The Balaban J connectivity index is 1.63. The number of nitrogens with one attached hydrogen (secondary N) is 2. The van der Waals surface area contributed by atoms with E-state index >= 15 is 0 Å². The van der Waals surface area contributed by atoms with Crippen LogP contribution in [-0.4, -0.2) is 29.6 Å². The van der Waals surface area contributed by atoms with Crippen LogP contribution in [-0.2, 0) is 9.59 Å². The molecule has 2 fully saturated rings. The summed E-state index contributed by atoms with van der Waals surface area (Å²) in [6.07, 6.45) is 4.39. The molecule has 6 nitrogen and oxygen atoms in total. The van der Waals surface area contributed by atoms with Gasteiger partial charge in [0.05, 0.1) is 6.42 Å². The number of aliphatic carboxylic acids is 1. The summed E-state index contributed by atoms with van der Waals surface area (Å²) in [5.41, 5.74) is 0.293. The molecule has 0 bridgehead atoms. The Morgan fingerprint density at radius 2 is 1.83 bits per heavy atom. The van der Waals surface area contributed by atoms with E-state index in [0.717, 1.165) is 18.8 Å². The van der Waals surface area contributed by atoms with E-state index in [9.17, 15) is 14.4 Å². The summed E-state index contributed by atoms with van der Waals surface area (Å²) in [4.78, 5) is 32.9. The van der Waals surface area contributed by atoms with Crippen LogP contribution in [0.2, 0.25) is 0 Å². The topological polar surface area (TPSA) is 95.5 Å². The van der Waals surface area contributed by atoms with Gasteiger partial charge >= 0.3 is 12.0 Å². The fourth-order valence-corrected chi connectivity index (χ4v) is 2.30. The van der Waals surface area contributed by atoms with Crippen molar-refractivity contribution < 1.29 is 19.5 Å². The third-order valence-corrected chi connectivity index (χ3v) is 3.76. The van der Waals surface area contributed by atoms with Gasteiger partial charge in [0.1, 0.15) is 0 Å². The predicted molar refractivity (Wildman–Crippen MR) is 62.8 cm³/mol. The quantitative estimate of drug-likeness (QED) is 0.655. The van der Waals surface area contributed by atoms with Crippen LogP contribution in [0.15, 0.2) is 0 Å². The molecule has 0 aromatic carbocycles. The minimum Gasteiger partial charge on any atom is -0.481 e. The first kappa shape index (κ1) is 12.9. The maximum absolute atomic E-state index is 11.4. The largest absolute Gasteiger partial charge is 0.481 e. The molecule has 2 rings (SSSR count). The van der Waals surface area contributed by atoms with Crippen LogP contribution in [0.5, 0.6) is 0 Å². The standard InChI is InChI=1S/C12H18N2O4/c15-9(3-4-10(16)17)14-11(18)13-7-12(5-6-12)8-1-2-8/h8H,1-7H2,(H,16,17)(H2,13,14,15,18). The first-order chi connectivity index (χ1) is 8.52. The fourth-order valence-electron chi connectivity index (χ4n) is 2.30. The Morgan fingerprint density at radius 3 is 2.33 bits per heavy atom. The molecule has 3 amide bonds. The summed E-state index contributed by atoms with van der Waals surface area (Å²) in [6, 6.07) is -0.516. The van der Waals surface area contributed by atoms with Gasteiger partial charge in [-0.15, -0.1) is 0 Å². The molecule has 0 spiro atoms. The average molecular weight is 254 g/mol. The highest BCUT2D eigenvalue weighted by molar-refractivity contribution is 5.95. The second-order valence-corrected chi connectivity index (χ2v) is 5.26. The Hall–Kier alpha value is -1.59. The molecule has 0 atom stereocenters. The molecule has 0 aromatic rings. The van der Waals surface area contributed by atoms with E-state index in [2.05, 4.69) is 10.6 Å². The van der Waals surface area contributed by atoms with Crippen molar-refractivity contribution in [3.63, 3.8) is 0 Å². The molecule has 0 saturated heterocycles. The SMILES string of the molecule is O=C(O)CCC(=O)NC(=O)NCC1(C2CC2)CC1. The summed E-state index contributed by atoms with van der Waals surface area (Å²) in [6.45, 7) is 0.621. The smallest absolute Gasteiger partial charge is 0.321 e. The summed E-state index contributed by atoms with van der Waals surface area (Å²) in [5.74, 6) is -0.845. The zero-order valence-electron chi connectivity index (χ0n) is 10.2. The van der Waals surface area contributed by atoms with Gasteiger partial charge in [-0.3, -0.25) is 14.9 Å². The lowest BCUT2D eigenvalue weighted by Gasteiger charge is -2.14. The van der Waals surface area contributed by atoms with Crippen molar-refractivity contribution in [3.8, 4) is 0 Å². The van der Waals surface area contributed by atoms with E-state index < -0.39 is 17.9 Å². The molecule has 0 unspecified atom stereocenters. The Kier molecular flexibility index (Phi) is 3.54. The zero-order valence-corrected chi connectivity index (χ0v) is 10.2. The summed E-state index contributed by atoms with van der Waals surface area (Å²) >= 11 is 0. The first-order valence-electron chi connectivity index (χ1n) is 6.31. The molecule has 2 aliphatic carbocycles. The van der Waals surface area contributed by atoms with Gasteiger partial charge in [0.25, 0.3) is 0 Å². The third-order valence-electron chi connectivity index (χ3n) is 3.76. The number of hydrogen-bond acceptors (Lipinski definition) is 3. The fraction of sp³-hybridized carbons (Fsp3) is 0.750. The lowest BCUT2D eigenvalue weighted by molar-refractivity contribution is -0.138. The molecule has 0 aromatic heterocycles. The highest BCUT2D eigenvalue weighted by atomic mass is 16.4. The highest BCUT2D eigenvalue weighted by Gasteiger charge is 2.53. The lowest BCUT2D eigenvalue weighted by Crippen LogP contribution is -2.42. The Labute approximate surface area is 105 Å². The van der Waals surface area contributed by atoms with Crippen molar-refractivity contribution in [2.24, 2.45) is 11.3 Å². The number of urea groups is 1. The van der Waals surface area contributed by atoms with E-state index in [1.54, 1.807) is 0 Å². The van der Waals surface area contributed by atoms with Crippen molar-refractivity contribution in [2.45, 2.75) is 38.5 Å². The zero-order chi connectivity index (χ0) is 13.2. The molecular formula is C12H18N2O4. The van der Waals surface area contributed by atoms with E-state index in [1.165, 1.54) is 12.8 Å². The number of carboxylic acids is 1. The van der Waals surface area contributed by atoms with E-state index in [4.69, 9.17) is 5.11 Å². The number of imide groups is 1. The van der Waals surface area contributed by atoms with Gasteiger partial charge in [-0.05, 0) is 37.0 Å². The summed E-state index contributed by atoms with van der Waals surface area (Å²) in [7, 11) is 0. The maximum atomic E-state index is 11.4. The molecule has 2 saturated carbocycles. The van der Waals surface area contributed by atoms with Gasteiger partial charge < -0.3 is 10.4 Å². The van der Waals surface area contributed by atoms with Gasteiger partial charge in [-0.2, -0.15) is 0 Å². The molecule has 2 aliphatic rings. The number of carbonyl (C=O) groups is 3. The second kappa shape index (κ2) is 4.96. The van der Waals surface area contributed by atoms with Crippen LogP contribution in [0.25, 0.3) is 0 Å². The molecule has 6 heteroatoms. The Bertz CT molecular complexity index is 372. The minimum atomic E-state index is -1.05. The van der Waals surface area contributed by atoms with Crippen LogP contribution < -0.4 is 10.6 Å². The number of hydrogen-bond donors (Lipinski definition) is 3. The number of carbonyl (C=O) groups excluding carboxylic acids is 2. The molecule has 18 heavy (non-hydrogen) atoms. The second-order valence-electron chi connectivity index (χ2n) is 5.26. The maximum Gasteiger partial charge on any atom is 0.321 e. The van der Waals surface area contributed by atoms with E-state index in [-0.39, 0.29) is 12.8 Å².